The van der Waals surface area contributed by atoms with Gasteiger partial charge >= 0.3 is 5.97 Å². The van der Waals surface area contributed by atoms with Crippen LogP contribution in [0.5, 0.6) is 0 Å². The number of benzene rings is 1. The quantitative estimate of drug-likeness (QED) is 0.676. The number of carbonyl (C=O) groups is 1. The molecule has 0 fully saturated rings. The molecule has 0 radical (unpaired) electrons. The molecule has 2 aliphatic rings. The Hall–Kier alpha value is -2.36. The number of hydrogen-bond acceptors (Lipinski definition) is 6. The highest BCUT2D eigenvalue weighted by Crippen LogP contribution is 2.53. The summed E-state index contributed by atoms with van der Waals surface area (Å²) < 4.78 is 27.0. The number of carboxylic acids is 1. The zero-order chi connectivity index (χ0) is 22.2. The van der Waals surface area contributed by atoms with E-state index in [1.807, 2.05) is 43.6 Å². The molecule has 1 aromatic carbocycles. The number of hydrogen-bond donors (Lipinski definition) is 1. The van der Waals surface area contributed by atoms with E-state index in [0.717, 1.165) is 27.1 Å². The third-order valence-corrected chi connectivity index (χ3v) is 9.25. The van der Waals surface area contributed by atoms with Crippen LogP contribution in [0.15, 0.2) is 58.5 Å². The molecule has 31 heavy (non-hydrogen) atoms. The Kier molecular flexibility index (Phi) is 6.09. The molecule has 2 unspecified atom stereocenters. The second-order valence-electron chi connectivity index (χ2n) is 7.76. The van der Waals surface area contributed by atoms with E-state index in [1.54, 1.807) is 6.92 Å². The molecule has 3 heterocycles. The van der Waals surface area contributed by atoms with E-state index in [9.17, 15) is 18.3 Å². The Morgan fingerprint density at radius 2 is 2.03 bits per heavy atom. The van der Waals surface area contributed by atoms with Gasteiger partial charge in [0.1, 0.15) is 11.9 Å². The van der Waals surface area contributed by atoms with Gasteiger partial charge in [-0.3, -0.25) is 4.79 Å². The first-order valence-corrected chi connectivity index (χ1v) is 12.5. The number of rotatable bonds is 7. The highest BCUT2D eigenvalue weighted by Gasteiger charge is 2.47. The maximum Gasteiger partial charge on any atom is 0.322 e. The first-order valence-electron chi connectivity index (χ1n) is 10.2. The number of pyridine rings is 1. The molecule has 2 aliphatic heterocycles. The van der Waals surface area contributed by atoms with Gasteiger partial charge in [0, 0.05) is 42.9 Å². The fourth-order valence-electron chi connectivity index (χ4n) is 4.02. The van der Waals surface area contributed by atoms with Crippen LogP contribution in [0.3, 0.4) is 0 Å². The van der Waals surface area contributed by atoms with Gasteiger partial charge in [-0.15, -0.1) is 11.8 Å². The van der Waals surface area contributed by atoms with E-state index >= 15 is 0 Å². The maximum atomic E-state index is 12.9. The molecule has 164 valence electrons. The van der Waals surface area contributed by atoms with Crippen LogP contribution in [0.2, 0.25) is 0 Å². The summed E-state index contributed by atoms with van der Waals surface area (Å²) in [5.74, 6) is -0.254. The van der Waals surface area contributed by atoms with Crippen molar-refractivity contribution in [2.75, 3.05) is 18.5 Å². The summed E-state index contributed by atoms with van der Waals surface area (Å²) in [6.07, 6.45) is 2.42. The number of aliphatic carboxylic acids is 1. The number of anilines is 1. The van der Waals surface area contributed by atoms with E-state index in [4.69, 9.17) is 0 Å². The summed E-state index contributed by atoms with van der Waals surface area (Å²) in [5.41, 5.74) is 2.17. The number of aromatic nitrogens is 1. The lowest BCUT2D eigenvalue weighted by molar-refractivity contribution is -0.141. The molecule has 4 rings (SSSR count). The van der Waals surface area contributed by atoms with Crippen molar-refractivity contribution in [3.8, 4) is 0 Å². The Morgan fingerprint density at radius 1 is 1.29 bits per heavy atom. The zero-order valence-corrected chi connectivity index (χ0v) is 19.1. The highest BCUT2D eigenvalue weighted by atomic mass is 32.2. The number of allylic oxidation sites excluding steroid dienone is 1. The zero-order valence-electron chi connectivity index (χ0n) is 17.4. The molecule has 0 amide bonds. The highest BCUT2D eigenvalue weighted by molar-refractivity contribution is 8.05. The Morgan fingerprint density at radius 3 is 2.61 bits per heavy atom. The Balaban J connectivity index is 1.44. The molecule has 2 atom stereocenters. The van der Waals surface area contributed by atoms with Crippen molar-refractivity contribution >= 4 is 33.6 Å². The SMILES string of the molecule is CCC(C(=O)O)N1CC2=C(CC(c3ccc(N(C)Cc4ccccc4)nc3)S2)S1(=O)=O. The van der Waals surface area contributed by atoms with E-state index in [1.165, 1.54) is 17.3 Å². The van der Waals surface area contributed by atoms with Crippen molar-refractivity contribution in [2.45, 2.75) is 37.6 Å². The summed E-state index contributed by atoms with van der Waals surface area (Å²) >= 11 is 1.51. The van der Waals surface area contributed by atoms with Gasteiger partial charge in [-0.2, -0.15) is 4.31 Å². The van der Waals surface area contributed by atoms with E-state index in [0.29, 0.717) is 11.3 Å². The average molecular weight is 460 g/mol. The van der Waals surface area contributed by atoms with Crippen LogP contribution >= 0.6 is 11.8 Å². The van der Waals surface area contributed by atoms with Crippen LogP contribution in [-0.2, 0) is 21.4 Å². The third-order valence-electron chi connectivity index (χ3n) is 5.70. The van der Waals surface area contributed by atoms with Crippen LogP contribution in [0.4, 0.5) is 5.82 Å². The molecule has 0 aliphatic carbocycles. The van der Waals surface area contributed by atoms with Crippen molar-refractivity contribution in [1.82, 2.24) is 9.29 Å². The average Bonchev–Trinajstić information content (AvgIpc) is 3.28. The maximum absolute atomic E-state index is 12.9. The lowest BCUT2D eigenvalue weighted by Gasteiger charge is -2.24. The van der Waals surface area contributed by atoms with Gasteiger partial charge < -0.3 is 10.0 Å². The fraction of sp³-hybridized carbons (Fsp3) is 0.364. The van der Waals surface area contributed by atoms with Gasteiger partial charge in [0.15, 0.2) is 0 Å². The minimum atomic E-state index is -3.74. The fourth-order valence-corrected chi connectivity index (χ4v) is 7.85. The second-order valence-corrected chi connectivity index (χ2v) is 11.0. The third kappa shape index (κ3) is 4.22. The summed E-state index contributed by atoms with van der Waals surface area (Å²) in [4.78, 5) is 19.3. The smallest absolute Gasteiger partial charge is 0.322 e. The van der Waals surface area contributed by atoms with E-state index < -0.39 is 22.0 Å². The molecular formula is C22H25N3O4S2. The second kappa shape index (κ2) is 8.64. The summed E-state index contributed by atoms with van der Waals surface area (Å²) in [6.45, 7) is 2.59. The molecule has 0 bridgehead atoms. The lowest BCUT2D eigenvalue weighted by atomic mass is 10.1. The van der Waals surface area contributed by atoms with Crippen molar-refractivity contribution in [2.24, 2.45) is 0 Å². The van der Waals surface area contributed by atoms with Crippen LogP contribution in [0, 0.1) is 0 Å². The minimum absolute atomic E-state index is 0.0205. The van der Waals surface area contributed by atoms with Gasteiger partial charge in [-0.1, -0.05) is 43.3 Å². The Labute approximate surface area is 186 Å². The van der Waals surface area contributed by atoms with Gasteiger partial charge in [0.05, 0.1) is 4.91 Å². The van der Waals surface area contributed by atoms with Crippen LogP contribution < -0.4 is 4.90 Å². The summed E-state index contributed by atoms with van der Waals surface area (Å²) in [6, 6.07) is 13.1. The topological polar surface area (TPSA) is 90.8 Å². The van der Waals surface area contributed by atoms with E-state index in [2.05, 4.69) is 22.0 Å². The molecule has 9 heteroatoms. The molecular weight excluding hydrogens is 434 g/mol. The van der Waals surface area contributed by atoms with Crippen LogP contribution in [-0.4, -0.2) is 48.4 Å². The number of thioether (sulfide) groups is 1. The van der Waals surface area contributed by atoms with Gasteiger partial charge in [-0.05, 0) is 23.6 Å². The molecule has 0 saturated heterocycles. The predicted molar refractivity (Wildman–Crippen MR) is 122 cm³/mol. The number of nitrogens with zero attached hydrogens (tertiary/aromatic N) is 3. The standard InChI is InChI=1S/C22H25N3O4S2/c1-3-17(22(26)27)25-14-19-20(31(25,28)29)11-18(30-19)16-9-10-21(23-12-16)24(2)13-15-7-5-4-6-8-15/h4-10,12,17-18H,3,11,13-14H2,1-2H3,(H,26,27). The van der Waals surface area contributed by atoms with Crippen LogP contribution in [0.1, 0.15) is 36.1 Å². The summed E-state index contributed by atoms with van der Waals surface area (Å²) in [7, 11) is -1.75. The van der Waals surface area contributed by atoms with Crippen molar-refractivity contribution in [3.63, 3.8) is 0 Å². The molecule has 7 nitrogen and oxygen atoms in total. The largest absolute Gasteiger partial charge is 0.480 e. The monoisotopic (exact) mass is 459 g/mol. The molecule has 0 saturated carbocycles. The van der Waals surface area contributed by atoms with E-state index in [-0.39, 0.29) is 18.2 Å². The minimum Gasteiger partial charge on any atom is -0.480 e. The first-order chi connectivity index (χ1) is 14.8. The molecule has 2 aromatic rings. The van der Waals surface area contributed by atoms with Crippen molar-refractivity contribution in [3.05, 3.63) is 69.6 Å². The van der Waals surface area contributed by atoms with Crippen molar-refractivity contribution in [1.29, 1.82) is 0 Å². The number of sulfonamides is 1. The normalized spacial score (nSPS) is 21.2. The van der Waals surface area contributed by atoms with Crippen LogP contribution in [0.25, 0.3) is 0 Å². The molecule has 0 spiro atoms. The van der Waals surface area contributed by atoms with Gasteiger partial charge in [0.25, 0.3) is 0 Å². The molecule has 1 N–H and O–H groups in total. The first kappa shape index (κ1) is 21.9. The predicted octanol–water partition coefficient (Wildman–Crippen LogP) is 3.62. The van der Waals surface area contributed by atoms with Gasteiger partial charge in [0.2, 0.25) is 10.0 Å². The summed E-state index contributed by atoms with van der Waals surface area (Å²) in [5, 5.41) is 9.36. The van der Waals surface area contributed by atoms with Crippen molar-refractivity contribution < 1.29 is 18.3 Å². The lowest BCUT2D eigenvalue weighted by Crippen LogP contribution is -2.42. The Bertz CT molecular complexity index is 1100. The number of carboxylic acid groups (broad SMARTS) is 1. The molecule has 1 aromatic heterocycles. The van der Waals surface area contributed by atoms with Gasteiger partial charge in [-0.25, -0.2) is 13.4 Å².